The van der Waals surface area contributed by atoms with Gasteiger partial charge >= 0.3 is 74.2 Å². The molecule has 14 heteroatoms. The Kier molecular flexibility index (Phi) is 36.2. The van der Waals surface area contributed by atoms with E-state index in [1.165, 1.54) is 63.3 Å². The van der Waals surface area contributed by atoms with Crippen LogP contribution in [0.3, 0.4) is 0 Å². The van der Waals surface area contributed by atoms with Crippen molar-refractivity contribution >= 4 is 101 Å². The topological polar surface area (TPSA) is 68.3 Å². The summed E-state index contributed by atoms with van der Waals surface area (Å²) in [4.78, 5) is 43.9. The maximum Gasteiger partial charge on any atom is 2.00 e. The average molecular weight is 977 g/mol. The first-order chi connectivity index (χ1) is 22.6. The summed E-state index contributed by atoms with van der Waals surface area (Å²) < 4.78 is 2.57. The van der Waals surface area contributed by atoms with Crippen LogP contribution in [-0.4, -0.2) is 24.1 Å². The van der Waals surface area contributed by atoms with Gasteiger partial charge in [0.2, 0.25) is 0 Å². The SMILES string of the molecule is O=[C-]PCc1ccc(-c2cc3sc(CP[C-]=O)cc3s2)cc1.O=[C-]PCc1ccc(-c2ccc3cc(CP[C-]=O)ccc3c2)cc1.[CH3-].[CH3-].[CH3-].[CH3-].[V+2].[V+2].[V+2].[V+2]. The zero-order valence-electron chi connectivity index (χ0n) is 30.3. The largest absolute Gasteiger partial charge is 2.00 e. The normalized spacial score (nSPS) is 10.1. The summed E-state index contributed by atoms with van der Waals surface area (Å²) in [6, 6.07) is 41.8. The molecule has 0 spiro atoms. The average Bonchev–Trinajstić information content (AvgIpc) is 3.68. The summed E-state index contributed by atoms with van der Waals surface area (Å²) in [6.07, 6.45) is 3.13. The standard InChI is InChI=1S/C20H16O2P2.C16H12O2P2S2.4CH3.4V/c21-13-23-11-15-1-4-17(5-2-15)19-8-7-18-9-16(12-24-14-22)3-6-20(18)10-19;17-9-19-7-11-1-3-12(4-2-11)14-6-16-15(22-14)5-13(21-16)8-20-10-18;;;;;;;;/h1-10,23-24H,11-12H2;1-6,19-20H,7-8H2;4*1H3;;;;/q2*-2;4*-1;4*+2. The second-order valence-corrected chi connectivity index (χ2v) is 16.1. The van der Waals surface area contributed by atoms with E-state index in [1.54, 1.807) is 22.7 Å². The van der Waals surface area contributed by atoms with E-state index in [1.807, 2.05) is 24.1 Å². The van der Waals surface area contributed by atoms with Crippen LogP contribution in [0.2, 0.25) is 0 Å². The van der Waals surface area contributed by atoms with E-state index in [0.717, 1.165) is 24.6 Å². The molecule has 0 saturated carbocycles. The maximum atomic E-state index is 10.4. The maximum absolute atomic E-state index is 10.4. The fraction of sp³-hybridized carbons (Fsp3) is 0.100. The quantitative estimate of drug-likeness (QED) is 0.0806. The third-order valence-corrected chi connectivity index (χ3v) is 12.6. The van der Waals surface area contributed by atoms with Gasteiger partial charge in [0.15, 0.2) is 0 Å². The van der Waals surface area contributed by atoms with Crippen LogP contribution in [-0.2, 0) is 118 Å². The summed E-state index contributed by atoms with van der Waals surface area (Å²) in [5.74, 6) is 0. The molecule has 0 N–H and O–H groups in total. The Morgan fingerprint density at radius 3 is 1.33 bits per heavy atom. The van der Waals surface area contributed by atoms with Gasteiger partial charge in [0, 0.05) is 19.2 Å². The Balaban J connectivity index is -0.000000404. The van der Waals surface area contributed by atoms with Gasteiger partial charge in [-0.3, -0.25) is 0 Å². The number of rotatable bonds is 14. The molecule has 54 heavy (non-hydrogen) atoms. The first-order valence-corrected chi connectivity index (χ1v) is 20.7. The second kappa shape index (κ2) is 32.5. The molecule has 2 aromatic heterocycles. The summed E-state index contributed by atoms with van der Waals surface area (Å²) in [5, 5.41) is 2.38. The fourth-order valence-electron chi connectivity index (χ4n) is 4.84. The van der Waals surface area contributed by atoms with Gasteiger partial charge < -0.3 is 48.9 Å². The van der Waals surface area contributed by atoms with Crippen molar-refractivity contribution in [3.8, 4) is 21.6 Å². The Bertz CT molecular complexity index is 1920. The molecular formula is C40H40O4P4S2V4. The van der Waals surface area contributed by atoms with Gasteiger partial charge in [-0.1, -0.05) is 78.9 Å². The monoisotopic (exact) mass is 976 g/mol. The van der Waals surface area contributed by atoms with Crippen molar-refractivity contribution in [2.24, 2.45) is 0 Å². The molecule has 4 nitrogen and oxygen atoms in total. The van der Waals surface area contributed by atoms with Crippen LogP contribution in [0.5, 0.6) is 0 Å². The molecule has 6 aromatic rings. The molecule has 4 atom stereocenters. The Morgan fingerprint density at radius 2 is 0.815 bits per heavy atom. The molecular weight excluding hydrogens is 936 g/mol. The van der Waals surface area contributed by atoms with Crippen LogP contribution >= 0.6 is 57.0 Å². The van der Waals surface area contributed by atoms with Gasteiger partial charge in [-0.05, 0) is 87.0 Å². The molecule has 4 unspecified atom stereocenters. The zero-order chi connectivity index (χ0) is 32.1. The minimum Gasteiger partial charge on any atom is -0.537 e. The minimum absolute atomic E-state index is 0. The van der Waals surface area contributed by atoms with Crippen LogP contribution in [0.4, 0.5) is 0 Å². The van der Waals surface area contributed by atoms with Crippen molar-refractivity contribution in [2.75, 3.05) is 0 Å². The zero-order valence-corrected chi connectivity index (χ0v) is 41.5. The van der Waals surface area contributed by atoms with Crippen molar-refractivity contribution in [1.29, 1.82) is 0 Å². The molecule has 0 aliphatic carbocycles. The number of benzene rings is 4. The fourth-order valence-corrected chi connectivity index (χ4v) is 9.44. The van der Waals surface area contributed by atoms with E-state index in [-0.39, 0.29) is 138 Å². The summed E-state index contributed by atoms with van der Waals surface area (Å²) in [6.45, 7) is 0. The van der Waals surface area contributed by atoms with E-state index >= 15 is 0 Å². The summed E-state index contributed by atoms with van der Waals surface area (Å²) in [7, 11) is 0.883. The van der Waals surface area contributed by atoms with Crippen LogP contribution in [0.15, 0.2) is 97.1 Å². The molecule has 0 aliphatic heterocycles. The summed E-state index contributed by atoms with van der Waals surface area (Å²) >= 11 is 3.55. The van der Waals surface area contributed by atoms with Gasteiger partial charge in [-0.2, -0.15) is 0 Å². The Hall–Kier alpha value is -0.462. The molecule has 2 heterocycles. The minimum atomic E-state index is 0. The van der Waals surface area contributed by atoms with Crippen LogP contribution in [0.1, 0.15) is 21.6 Å². The van der Waals surface area contributed by atoms with Crippen LogP contribution in [0.25, 0.3) is 41.7 Å². The summed E-state index contributed by atoms with van der Waals surface area (Å²) in [5.41, 5.74) is 7.07. The van der Waals surface area contributed by atoms with Crippen LogP contribution in [0, 0.1) is 29.7 Å². The van der Waals surface area contributed by atoms with Crippen molar-refractivity contribution in [2.45, 2.75) is 24.6 Å². The van der Waals surface area contributed by atoms with Crippen molar-refractivity contribution < 1.29 is 93.4 Å². The molecule has 0 fully saturated rings. The molecule has 4 radical (unpaired) electrons. The first-order valence-electron chi connectivity index (χ1n) is 14.2. The third-order valence-electron chi connectivity index (χ3n) is 7.12. The second-order valence-electron chi connectivity index (χ2n) is 10.2. The molecule has 0 amide bonds. The molecule has 0 bridgehead atoms. The molecule has 6 rings (SSSR count). The third kappa shape index (κ3) is 18.0. The van der Waals surface area contributed by atoms with E-state index in [0.29, 0.717) is 0 Å². The number of thiophene rings is 2. The van der Waals surface area contributed by atoms with Gasteiger partial charge in [0.05, 0.1) is 0 Å². The predicted octanol–water partition coefficient (Wildman–Crippen LogP) is 11.9. The van der Waals surface area contributed by atoms with Crippen molar-refractivity contribution in [3.63, 3.8) is 0 Å². The molecule has 4 aromatic carbocycles. The van der Waals surface area contributed by atoms with Gasteiger partial charge in [0.25, 0.3) is 0 Å². The number of hydrogen-bond donors (Lipinski definition) is 0. The van der Waals surface area contributed by atoms with Crippen molar-refractivity contribution in [3.05, 3.63) is 148 Å². The van der Waals surface area contributed by atoms with Gasteiger partial charge in [0.1, 0.15) is 0 Å². The van der Waals surface area contributed by atoms with Gasteiger partial charge in [-0.15, -0.1) is 22.7 Å². The van der Waals surface area contributed by atoms with E-state index in [2.05, 4.69) is 97.1 Å². The van der Waals surface area contributed by atoms with E-state index in [9.17, 15) is 19.2 Å². The molecule has 0 aliphatic rings. The smallest absolute Gasteiger partial charge is 0.537 e. The van der Waals surface area contributed by atoms with Gasteiger partial charge in [-0.25, -0.2) is 58.4 Å². The first kappa shape index (κ1) is 60.2. The number of fused-ring (bicyclic) bond motifs is 2. The number of carbonyl (C=O) groups excluding carboxylic acids is 4. The molecule has 276 valence electrons. The molecule has 0 saturated heterocycles. The van der Waals surface area contributed by atoms with E-state index in [4.69, 9.17) is 0 Å². The van der Waals surface area contributed by atoms with E-state index < -0.39 is 0 Å². The number of hydrogen-bond acceptors (Lipinski definition) is 6. The predicted molar refractivity (Wildman–Crippen MR) is 231 cm³/mol. The Morgan fingerprint density at radius 1 is 0.407 bits per heavy atom. The Labute approximate surface area is 385 Å². The van der Waals surface area contributed by atoms with Crippen LogP contribution < -0.4 is 0 Å². The van der Waals surface area contributed by atoms with Crippen molar-refractivity contribution in [1.82, 2.24) is 0 Å².